The predicted octanol–water partition coefficient (Wildman–Crippen LogP) is 14.7. The van der Waals surface area contributed by atoms with Gasteiger partial charge in [-0.05, 0) is 117 Å². The minimum Gasteiger partial charge on any atom is -0.337 e. The van der Waals surface area contributed by atoms with Crippen LogP contribution < -0.4 is 4.90 Å². The fraction of sp³-hybridized carbons (Fsp3) is 0.0182. The second kappa shape index (κ2) is 14.7. The van der Waals surface area contributed by atoms with Crippen molar-refractivity contribution in [3.8, 4) is 50.2 Å². The van der Waals surface area contributed by atoms with Gasteiger partial charge in [-0.15, -0.1) is 0 Å². The third kappa shape index (κ3) is 6.48. The SMILES string of the molecule is C=C1/C=C\C=C/CN(c2ccc(-c3cc(-c4ccccc4)cc(-c4cccc(-c5ccc(-n6c7ccccc7c7ccccc76)cc5)c4)c3)cc2)c2ccccc21. The molecule has 0 atom stereocenters. The van der Waals surface area contributed by atoms with Crippen LogP contribution in [0.15, 0.2) is 225 Å². The average molecular weight is 729 g/mol. The van der Waals surface area contributed by atoms with Gasteiger partial charge in [0.15, 0.2) is 0 Å². The van der Waals surface area contributed by atoms with E-state index in [9.17, 15) is 0 Å². The summed E-state index contributed by atoms with van der Waals surface area (Å²) in [5.74, 6) is 0. The molecule has 57 heavy (non-hydrogen) atoms. The number of rotatable bonds is 6. The third-order valence-corrected chi connectivity index (χ3v) is 11.2. The van der Waals surface area contributed by atoms with Crippen LogP contribution in [0.5, 0.6) is 0 Å². The lowest BCUT2D eigenvalue weighted by atomic mass is 9.92. The maximum Gasteiger partial charge on any atom is 0.0541 e. The molecule has 2 nitrogen and oxygen atoms in total. The third-order valence-electron chi connectivity index (χ3n) is 11.2. The average Bonchev–Trinajstić information content (AvgIpc) is 3.65. The molecule has 0 saturated heterocycles. The summed E-state index contributed by atoms with van der Waals surface area (Å²) in [6.45, 7) is 5.12. The van der Waals surface area contributed by atoms with Gasteiger partial charge in [0.1, 0.15) is 0 Å². The minimum atomic E-state index is 0.765. The number of hydrogen-bond donors (Lipinski definition) is 0. The zero-order chi connectivity index (χ0) is 38.1. The summed E-state index contributed by atoms with van der Waals surface area (Å²) in [5.41, 5.74) is 17.5. The summed E-state index contributed by atoms with van der Waals surface area (Å²) in [7, 11) is 0. The maximum atomic E-state index is 4.35. The van der Waals surface area contributed by atoms with Gasteiger partial charge >= 0.3 is 0 Å². The molecule has 0 unspecified atom stereocenters. The topological polar surface area (TPSA) is 8.17 Å². The Morgan fingerprint density at radius 1 is 0.386 bits per heavy atom. The Morgan fingerprint density at radius 2 is 0.877 bits per heavy atom. The molecule has 0 bridgehead atoms. The molecule has 2 heteroatoms. The van der Waals surface area contributed by atoms with Crippen molar-refractivity contribution >= 4 is 38.8 Å². The number of allylic oxidation sites excluding steroid dienone is 4. The number of fused-ring (bicyclic) bond motifs is 4. The summed E-state index contributed by atoms with van der Waals surface area (Å²) < 4.78 is 2.37. The van der Waals surface area contributed by atoms with Gasteiger partial charge in [-0.2, -0.15) is 0 Å². The van der Waals surface area contributed by atoms with Crippen molar-refractivity contribution in [3.63, 3.8) is 0 Å². The fourth-order valence-corrected chi connectivity index (χ4v) is 8.30. The van der Waals surface area contributed by atoms with E-state index in [4.69, 9.17) is 0 Å². The van der Waals surface area contributed by atoms with Crippen molar-refractivity contribution in [2.24, 2.45) is 0 Å². The molecule has 270 valence electrons. The molecular formula is C55H40N2. The maximum absolute atomic E-state index is 4.35. The van der Waals surface area contributed by atoms with E-state index < -0.39 is 0 Å². The van der Waals surface area contributed by atoms with Gasteiger partial charge in [0.05, 0.1) is 11.0 Å². The first-order chi connectivity index (χ1) is 28.2. The molecule has 9 aromatic rings. The monoisotopic (exact) mass is 728 g/mol. The quantitative estimate of drug-likeness (QED) is 0.165. The molecule has 8 aromatic carbocycles. The van der Waals surface area contributed by atoms with Crippen LogP contribution in [0, 0.1) is 0 Å². The van der Waals surface area contributed by atoms with Crippen LogP contribution >= 0.6 is 0 Å². The van der Waals surface area contributed by atoms with E-state index in [2.05, 4.69) is 234 Å². The number of anilines is 2. The van der Waals surface area contributed by atoms with Crippen molar-refractivity contribution < 1.29 is 0 Å². The largest absolute Gasteiger partial charge is 0.337 e. The second-order valence-electron chi connectivity index (χ2n) is 14.6. The first kappa shape index (κ1) is 34.1. The molecule has 1 aliphatic heterocycles. The lowest BCUT2D eigenvalue weighted by Gasteiger charge is -2.26. The summed E-state index contributed by atoms with van der Waals surface area (Å²) in [4.78, 5) is 2.36. The normalized spacial score (nSPS) is 13.8. The Labute approximate surface area is 334 Å². The first-order valence-electron chi connectivity index (χ1n) is 19.6. The molecular weight excluding hydrogens is 689 g/mol. The zero-order valence-electron chi connectivity index (χ0n) is 31.6. The van der Waals surface area contributed by atoms with Crippen molar-refractivity contribution in [1.29, 1.82) is 0 Å². The van der Waals surface area contributed by atoms with Crippen LogP contribution in [0.4, 0.5) is 11.4 Å². The zero-order valence-corrected chi connectivity index (χ0v) is 31.6. The molecule has 0 saturated carbocycles. The van der Waals surface area contributed by atoms with Crippen LogP contribution in [0.2, 0.25) is 0 Å². The van der Waals surface area contributed by atoms with Gasteiger partial charge in [-0.1, -0.05) is 158 Å². The highest BCUT2D eigenvalue weighted by atomic mass is 15.1. The lowest BCUT2D eigenvalue weighted by molar-refractivity contribution is 1.09. The molecule has 0 aliphatic carbocycles. The van der Waals surface area contributed by atoms with E-state index in [1.54, 1.807) is 0 Å². The number of benzene rings is 8. The predicted molar refractivity (Wildman–Crippen MR) is 243 cm³/mol. The smallest absolute Gasteiger partial charge is 0.0541 e. The molecule has 2 heterocycles. The minimum absolute atomic E-state index is 0.765. The Kier molecular flexibility index (Phi) is 8.78. The summed E-state index contributed by atoms with van der Waals surface area (Å²) in [5, 5.41) is 2.54. The van der Waals surface area contributed by atoms with Gasteiger partial charge in [0, 0.05) is 39.9 Å². The van der Waals surface area contributed by atoms with Crippen molar-refractivity contribution in [2.45, 2.75) is 0 Å². The molecule has 1 aromatic heterocycles. The van der Waals surface area contributed by atoms with Crippen LogP contribution in [-0.4, -0.2) is 11.1 Å². The highest BCUT2D eigenvalue weighted by Crippen LogP contribution is 2.38. The number of nitrogens with zero attached hydrogens (tertiary/aromatic N) is 2. The number of hydrogen-bond acceptors (Lipinski definition) is 1. The van der Waals surface area contributed by atoms with E-state index >= 15 is 0 Å². The van der Waals surface area contributed by atoms with Crippen molar-refractivity contribution in [3.05, 3.63) is 231 Å². The first-order valence-corrected chi connectivity index (χ1v) is 19.6. The molecule has 0 N–H and O–H groups in total. The Morgan fingerprint density at radius 3 is 1.56 bits per heavy atom. The Balaban J connectivity index is 1.01. The van der Waals surface area contributed by atoms with Crippen LogP contribution in [0.1, 0.15) is 5.56 Å². The van der Waals surface area contributed by atoms with Gasteiger partial charge in [0.2, 0.25) is 0 Å². The summed E-state index contributed by atoms with van der Waals surface area (Å²) in [6, 6.07) is 70.5. The number of aromatic nitrogens is 1. The Hall–Kier alpha value is -7.42. The van der Waals surface area contributed by atoms with Crippen molar-refractivity contribution in [2.75, 3.05) is 11.4 Å². The van der Waals surface area contributed by atoms with Crippen molar-refractivity contribution in [1.82, 2.24) is 4.57 Å². The molecule has 0 spiro atoms. The highest BCUT2D eigenvalue weighted by Gasteiger charge is 2.16. The van der Waals surface area contributed by atoms with Crippen LogP contribution in [0.25, 0.3) is 77.6 Å². The van der Waals surface area contributed by atoms with Gasteiger partial charge in [0.25, 0.3) is 0 Å². The van der Waals surface area contributed by atoms with Gasteiger partial charge < -0.3 is 9.47 Å². The molecule has 0 radical (unpaired) electrons. The van der Waals surface area contributed by atoms with E-state index in [-0.39, 0.29) is 0 Å². The van der Waals surface area contributed by atoms with E-state index in [1.165, 1.54) is 66.3 Å². The molecule has 10 rings (SSSR count). The Bertz CT molecular complexity index is 2930. The van der Waals surface area contributed by atoms with Crippen LogP contribution in [0.3, 0.4) is 0 Å². The van der Waals surface area contributed by atoms with Crippen LogP contribution in [-0.2, 0) is 0 Å². The molecule has 0 fully saturated rings. The highest BCUT2D eigenvalue weighted by molar-refractivity contribution is 6.09. The summed E-state index contributed by atoms with van der Waals surface area (Å²) in [6.07, 6.45) is 8.46. The van der Waals surface area contributed by atoms with Gasteiger partial charge in [-0.25, -0.2) is 0 Å². The second-order valence-corrected chi connectivity index (χ2v) is 14.6. The molecule has 1 aliphatic rings. The molecule has 0 amide bonds. The van der Waals surface area contributed by atoms with E-state index in [0.29, 0.717) is 0 Å². The number of para-hydroxylation sites is 3. The fourth-order valence-electron chi connectivity index (χ4n) is 8.30. The van der Waals surface area contributed by atoms with E-state index in [1.807, 2.05) is 0 Å². The summed E-state index contributed by atoms with van der Waals surface area (Å²) >= 11 is 0. The lowest BCUT2D eigenvalue weighted by Crippen LogP contribution is -2.18. The van der Waals surface area contributed by atoms with Gasteiger partial charge in [-0.3, -0.25) is 0 Å². The van der Waals surface area contributed by atoms with E-state index in [0.717, 1.165) is 34.7 Å². The standard InChI is InChI=1S/C55H40N2/c1-39-15-4-3-13-34-56(53-23-10-7-20-50(39)53)48-30-26-42(27-31-48)46-36-45(40-16-5-2-6-17-40)37-47(38-46)44-19-14-18-43(35-44)41-28-32-49(33-29-41)57-54-24-11-8-21-51(54)52-22-9-12-25-55(52)57/h2-33,35-38H,1,34H2/b13-3-,15-4-.